The van der Waals surface area contributed by atoms with Gasteiger partial charge in [0, 0.05) is 12.3 Å². The number of hydrogen-bond donors (Lipinski definition) is 3. The van der Waals surface area contributed by atoms with Crippen LogP contribution in [0.1, 0.15) is 33.9 Å². The van der Waals surface area contributed by atoms with Crippen LogP contribution in [0.2, 0.25) is 0 Å². The zero-order valence-corrected chi connectivity index (χ0v) is 17.2. The van der Waals surface area contributed by atoms with E-state index in [1.165, 1.54) is 6.92 Å². The van der Waals surface area contributed by atoms with Gasteiger partial charge in [0.2, 0.25) is 0 Å². The number of ether oxygens (including phenoxy) is 2. The summed E-state index contributed by atoms with van der Waals surface area (Å²) in [5.74, 6) is -0.627. The summed E-state index contributed by atoms with van der Waals surface area (Å²) in [5.41, 5.74) is -3.98. The third-order valence-electron chi connectivity index (χ3n) is 4.18. The number of nitrogens with zero attached hydrogens (tertiary/aromatic N) is 1. The maximum absolute atomic E-state index is 15.0. The largest absolute Gasteiger partial charge is 0.613 e. The van der Waals surface area contributed by atoms with E-state index in [2.05, 4.69) is 5.09 Å². The van der Waals surface area contributed by atoms with Crippen molar-refractivity contribution < 1.29 is 32.9 Å². The number of nitrogens with one attached hydrogen (secondary N) is 2. The molecule has 2 rings (SSSR count). The molecular formula is C16H24FN3O8P+. The molecule has 0 bridgehead atoms. The Morgan fingerprint density at radius 2 is 2.14 bits per heavy atom. The molecule has 11 nitrogen and oxygen atoms in total. The fourth-order valence-electron chi connectivity index (χ4n) is 2.69. The van der Waals surface area contributed by atoms with E-state index in [0.717, 1.165) is 23.8 Å². The van der Waals surface area contributed by atoms with Crippen LogP contribution in [0.3, 0.4) is 0 Å². The van der Waals surface area contributed by atoms with E-state index in [4.69, 9.17) is 14.0 Å². The number of carbonyl (C=O) groups is 1. The lowest BCUT2D eigenvalue weighted by Crippen LogP contribution is -2.43. The van der Waals surface area contributed by atoms with Crippen molar-refractivity contribution in [3.8, 4) is 0 Å². The molecule has 13 heteroatoms. The average molecular weight is 436 g/mol. The summed E-state index contributed by atoms with van der Waals surface area (Å²) in [7, 11) is -2.55. The molecule has 162 valence electrons. The van der Waals surface area contributed by atoms with Crippen LogP contribution in [0.25, 0.3) is 0 Å². The average Bonchev–Trinajstić information content (AvgIpc) is 2.82. The van der Waals surface area contributed by atoms with Crippen molar-refractivity contribution in [1.82, 2.24) is 14.6 Å². The molecule has 1 saturated heterocycles. The van der Waals surface area contributed by atoms with Gasteiger partial charge < -0.3 is 14.6 Å². The fourth-order valence-corrected chi connectivity index (χ4v) is 3.46. The predicted molar refractivity (Wildman–Crippen MR) is 98.1 cm³/mol. The summed E-state index contributed by atoms with van der Waals surface area (Å²) in [6, 6.07) is 0.0875. The number of aliphatic hydroxyl groups excluding tert-OH is 1. The van der Waals surface area contributed by atoms with Crippen molar-refractivity contribution >= 4 is 14.1 Å². The van der Waals surface area contributed by atoms with Crippen molar-refractivity contribution in [2.24, 2.45) is 0 Å². The highest BCUT2D eigenvalue weighted by Crippen LogP contribution is 2.41. The van der Waals surface area contributed by atoms with Crippen LogP contribution < -0.4 is 16.3 Å². The molecule has 1 aliphatic rings. The second-order valence-corrected chi connectivity index (χ2v) is 8.06. The number of rotatable bonds is 8. The molecule has 1 aromatic heterocycles. The molecule has 0 aromatic carbocycles. The molecule has 0 amide bonds. The predicted octanol–water partition coefficient (Wildman–Crippen LogP) is 0.127. The molecule has 0 aliphatic carbocycles. The molecule has 1 fully saturated rings. The summed E-state index contributed by atoms with van der Waals surface area (Å²) in [6.07, 6.45) is -3.81. The monoisotopic (exact) mass is 436 g/mol. The highest BCUT2D eigenvalue weighted by molar-refractivity contribution is 7.36. The van der Waals surface area contributed by atoms with E-state index in [1.807, 2.05) is 4.98 Å². The Kier molecular flexibility index (Phi) is 7.41. The van der Waals surface area contributed by atoms with Gasteiger partial charge in [0.15, 0.2) is 11.9 Å². The van der Waals surface area contributed by atoms with Crippen LogP contribution in [0, 0.1) is 0 Å². The minimum Gasteiger partial charge on any atom is -0.462 e. The highest BCUT2D eigenvalue weighted by atomic mass is 31.1. The number of esters is 1. The van der Waals surface area contributed by atoms with E-state index < -0.39 is 62.2 Å². The zero-order chi connectivity index (χ0) is 21.9. The lowest BCUT2D eigenvalue weighted by Gasteiger charge is -2.24. The molecule has 0 radical (unpaired) electrons. The SMILES string of the molecule is CC(C)OC(=O)C(C)N[P+](=O)OCC1OC(n2ccc(=O)[nH]c2=O)C(C)(F)C1O. The van der Waals surface area contributed by atoms with Crippen molar-refractivity contribution in [2.75, 3.05) is 6.61 Å². The zero-order valence-electron chi connectivity index (χ0n) is 16.3. The summed E-state index contributed by atoms with van der Waals surface area (Å²) < 4.78 is 43.2. The molecule has 6 atom stereocenters. The van der Waals surface area contributed by atoms with E-state index >= 15 is 4.39 Å². The number of H-pyrrole nitrogens is 1. The maximum atomic E-state index is 15.0. The molecule has 0 spiro atoms. The van der Waals surface area contributed by atoms with Gasteiger partial charge in [0.1, 0.15) is 24.9 Å². The Morgan fingerprint density at radius 3 is 2.72 bits per heavy atom. The lowest BCUT2D eigenvalue weighted by molar-refractivity contribution is -0.149. The smallest absolute Gasteiger partial charge is 0.462 e. The van der Waals surface area contributed by atoms with Gasteiger partial charge in [-0.2, -0.15) is 0 Å². The van der Waals surface area contributed by atoms with E-state index in [9.17, 15) is 24.1 Å². The standard InChI is InChI=1S/C16H23FN3O8P/c1-8(2)27-13(23)9(3)19-29(25)26-7-10-12(22)16(4,17)14(28-10)20-6-5-11(21)18-15(20)24/h5-6,8-10,12,14,22H,7H2,1-4H3,(H-,18,19,21,24,25)/p+1. The first-order chi connectivity index (χ1) is 13.4. The van der Waals surface area contributed by atoms with E-state index in [0.29, 0.717) is 0 Å². The summed E-state index contributed by atoms with van der Waals surface area (Å²) in [4.78, 5) is 36.7. The van der Waals surface area contributed by atoms with Crippen LogP contribution in [0.15, 0.2) is 21.9 Å². The van der Waals surface area contributed by atoms with Crippen molar-refractivity contribution in [3.05, 3.63) is 33.1 Å². The van der Waals surface area contributed by atoms with E-state index in [-0.39, 0.29) is 6.10 Å². The van der Waals surface area contributed by atoms with Gasteiger partial charge in [-0.05, 0) is 32.3 Å². The minimum atomic E-state index is -2.55. The highest BCUT2D eigenvalue weighted by Gasteiger charge is 2.56. The first kappa shape index (κ1) is 23.3. The van der Waals surface area contributed by atoms with Crippen LogP contribution in [0.4, 0.5) is 4.39 Å². The Morgan fingerprint density at radius 1 is 1.48 bits per heavy atom. The molecule has 1 aromatic rings. The number of alkyl halides is 1. The Labute approximate surface area is 166 Å². The number of aromatic nitrogens is 2. The number of aromatic amines is 1. The quantitative estimate of drug-likeness (QED) is 0.382. The van der Waals surface area contributed by atoms with Gasteiger partial charge in [0.25, 0.3) is 5.56 Å². The molecule has 1 aliphatic heterocycles. The van der Waals surface area contributed by atoms with Crippen LogP contribution in [0.5, 0.6) is 0 Å². The molecule has 29 heavy (non-hydrogen) atoms. The molecule has 6 unspecified atom stereocenters. The van der Waals surface area contributed by atoms with Gasteiger partial charge in [-0.3, -0.25) is 19.1 Å². The Bertz CT molecular complexity index is 870. The number of halogens is 1. The van der Waals surface area contributed by atoms with Gasteiger partial charge in [-0.15, -0.1) is 4.52 Å². The number of carbonyl (C=O) groups excluding carboxylic acids is 1. The maximum Gasteiger partial charge on any atom is 0.613 e. The van der Waals surface area contributed by atoms with Crippen molar-refractivity contribution in [1.29, 1.82) is 0 Å². The molecule has 3 N–H and O–H groups in total. The Balaban J connectivity index is 2.00. The number of aliphatic hydroxyl groups is 1. The van der Waals surface area contributed by atoms with Crippen molar-refractivity contribution in [3.63, 3.8) is 0 Å². The van der Waals surface area contributed by atoms with Crippen LogP contribution >= 0.6 is 8.18 Å². The molecular weight excluding hydrogens is 412 g/mol. The first-order valence-electron chi connectivity index (χ1n) is 8.84. The normalized spacial score (nSPS) is 28.4. The topological polar surface area (TPSA) is 149 Å². The second-order valence-electron chi connectivity index (χ2n) is 7.03. The van der Waals surface area contributed by atoms with Crippen LogP contribution in [-0.2, 0) is 23.4 Å². The molecule has 0 saturated carbocycles. The van der Waals surface area contributed by atoms with Gasteiger partial charge in [0.05, 0.1) is 6.10 Å². The minimum absolute atomic E-state index is 0.344. The summed E-state index contributed by atoms with van der Waals surface area (Å²) in [6.45, 7) is 5.31. The first-order valence-corrected chi connectivity index (χ1v) is 10.0. The second kappa shape index (κ2) is 9.23. The lowest BCUT2D eigenvalue weighted by atomic mass is 9.98. The van der Waals surface area contributed by atoms with Crippen molar-refractivity contribution in [2.45, 2.75) is 63.9 Å². The van der Waals surface area contributed by atoms with Crippen LogP contribution in [-0.4, -0.2) is 57.3 Å². The number of hydrogen-bond acceptors (Lipinski definition) is 8. The Hall–Kier alpha value is -1.98. The van der Waals surface area contributed by atoms with Gasteiger partial charge in [-0.1, -0.05) is 5.09 Å². The van der Waals surface area contributed by atoms with Gasteiger partial charge in [-0.25, -0.2) is 9.18 Å². The summed E-state index contributed by atoms with van der Waals surface area (Å²) in [5, 5.41) is 12.6. The third-order valence-corrected chi connectivity index (χ3v) is 5.16. The van der Waals surface area contributed by atoms with E-state index in [1.54, 1.807) is 13.8 Å². The fraction of sp³-hybridized carbons (Fsp3) is 0.688. The third kappa shape index (κ3) is 5.55. The van der Waals surface area contributed by atoms with Gasteiger partial charge >= 0.3 is 19.8 Å². The molecule has 2 heterocycles. The summed E-state index contributed by atoms with van der Waals surface area (Å²) >= 11 is 0.